The largest absolute Gasteiger partial charge is 0.208 e. The Morgan fingerprint density at radius 2 is 0.816 bits per heavy atom. The summed E-state index contributed by atoms with van der Waals surface area (Å²) in [5, 5.41) is 4.69. The van der Waals surface area contributed by atoms with Gasteiger partial charge in [0.1, 0.15) is 0 Å². The monoisotopic (exact) mass is 485 g/mol. The van der Waals surface area contributed by atoms with Crippen LogP contribution in [-0.4, -0.2) is 15.0 Å². The van der Waals surface area contributed by atoms with Crippen LogP contribution in [0.1, 0.15) is 0 Å². The number of rotatable bonds is 4. The Balaban J connectivity index is 1.53. The molecule has 0 atom stereocenters. The Bertz CT molecular complexity index is 1910. The van der Waals surface area contributed by atoms with Gasteiger partial charge in [-0.2, -0.15) is 0 Å². The highest BCUT2D eigenvalue weighted by Gasteiger charge is 2.17. The van der Waals surface area contributed by atoms with Crippen LogP contribution in [0.5, 0.6) is 0 Å². The van der Waals surface area contributed by atoms with E-state index in [0.29, 0.717) is 17.5 Å². The summed E-state index contributed by atoms with van der Waals surface area (Å²) in [6.07, 6.45) is 0. The van der Waals surface area contributed by atoms with E-state index in [1.165, 1.54) is 10.8 Å². The molecule has 0 bridgehead atoms. The van der Waals surface area contributed by atoms with Crippen LogP contribution in [0.15, 0.2) is 140 Å². The minimum absolute atomic E-state index is 0.658. The first-order valence-corrected chi connectivity index (χ1v) is 12.7. The summed E-state index contributed by atoms with van der Waals surface area (Å²) in [6.45, 7) is 0. The van der Waals surface area contributed by atoms with Gasteiger partial charge in [-0.3, -0.25) is 0 Å². The second-order valence-corrected chi connectivity index (χ2v) is 9.27. The lowest BCUT2D eigenvalue weighted by molar-refractivity contribution is 1.08. The van der Waals surface area contributed by atoms with Crippen LogP contribution in [0.3, 0.4) is 0 Å². The summed E-state index contributed by atoms with van der Waals surface area (Å²) < 4.78 is 0. The molecule has 38 heavy (non-hydrogen) atoms. The average Bonchev–Trinajstić information content (AvgIpc) is 3.01. The number of nitrogens with zero attached hydrogens (tertiary/aromatic N) is 3. The second kappa shape index (κ2) is 9.38. The maximum absolute atomic E-state index is 5.12. The summed E-state index contributed by atoms with van der Waals surface area (Å²) in [5.74, 6) is 1.98. The minimum atomic E-state index is 0.658. The fourth-order valence-electron chi connectivity index (χ4n) is 5.12. The van der Waals surface area contributed by atoms with Crippen molar-refractivity contribution in [3.63, 3.8) is 0 Å². The summed E-state index contributed by atoms with van der Waals surface area (Å²) in [6, 6.07) is 48.0. The lowest BCUT2D eigenvalue weighted by atomic mass is 9.96. The van der Waals surface area contributed by atoms with Crippen molar-refractivity contribution >= 4 is 21.5 Å². The second-order valence-electron chi connectivity index (χ2n) is 9.27. The van der Waals surface area contributed by atoms with E-state index >= 15 is 0 Å². The molecule has 0 aliphatic heterocycles. The summed E-state index contributed by atoms with van der Waals surface area (Å²) in [4.78, 5) is 15.2. The quantitative estimate of drug-likeness (QED) is 0.234. The molecule has 1 heterocycles. The van der Waals surface area contributed by atoms with Crippen molar-refractivity contribution in [3.05, 3.63) is 140 Å². The molecule has 7 aromatic rings. The fourth-order valence-corrected chi connectivity index (χ4v) is 5.12. The zero-order valence-electron chi connectivity index (χ0n) is 20.6. The van der Waals surface area contributed by atoms with Crippen LogP contribution in [0.25, 0.3) is 66.8 Å². The van der Waals surface area contributed by atoms with Gasteiger partial charge in [0.05, 0.1) is 0 Å². The zero-order valence-corrected chi connectivity index (χ0v) is 20.6. The van der Waals surface area contributed by atoms with Crippen molar-refractivity contribution in [3.8, 4) is 45.3 Å². The smallest absolute Gasteiger partial charge is 0.164 e. The van der Waals surface area contributed by atoms with Crippen LogP contribution in [-0.2, 0) is 0 Å². The van der Waals surface area contributed by atoms with E-state index in [-0.39, 0.29) is 0 Å². The highest BCUT2D eigenvalue weighted by molar-refractivity contribution is 6.13. The number of aromatic nitrogens is 3. The molecule has 0 unspecified atom stereocenters. The SMILES string of the molecule is c1ccc(-c2nc(-c3ccccc3-c3ccccc3)nc(-c3cc4ccccc4c4ccccc34)n2)cc1. The van der Waals surface area contributed by atoms with E-state index < -0.39 is 0 Å². The Hall–Kier alpha value is -5.15. The normalized spacial score (nSPS) is 11.2. The third-order valence-electron chi connectivity index (χ3n) is 6.93. The molecule has 0 saturated carbocycles. The maximum Gasteiger partial charge on any atom is 0.164 e. The van der Waals surface area contributed by atoms with Gasteiger partial charge in [-0.05, 0) is 38.7 Å². The molecular formula is C35H23N3. The molecule has 7 rings (SSSR count). The van der Waals surface area contributed by atoms with Gasteiger partial charge in [-0.25, -0.2) is 15.0 Å². The Morgan fingerprint density at radius 3 is 1.55 bits per heavy atom. The molecule has 0 aliphatic carbocycles. The predicted octanol–water partition coefficient (Wildman–Crippen LogP) is 8.85. The van der Waals surface area contributed by atoms with Crippen LogP contribution in [0.4, 0.5) is 0 Å². The molecule has 0 fully saturated rings. The van der Waals surface area contributed by atoms with E-state index in [1.54, 1.807) is 0 Å². The topological polar surface area (TPSA) is 38.7 Å². The van der Waals surface area contributed by atoms with Gasteiger partial charge >= 0.3 is 0 Å². The number of hydrogen-bond acceptors (Lipinski definition) is 3. The van der Waals surface area contributed by atoms with E-state index in [9.17, 15) is 0 Å². The van der Waals surface area contributed by atoms with Crippen molar-refractivity contribution < 1.29 is 0 Å². The van der Waals surface area contributed by atoms with Gasteiger partial charge in [0.25, 0.3) is 0 Å². The Kier molecular flexibility index (Phi) is 5.45. The molecular weight excluding hydrogens is 462 g/mol. The molecule has 0 N–H and O–H groups in total. The van der Waals surface area contributed by atoms with Gasteiger partial charge < -0.3 is 0 Å². The first kappa shape index (κ1) is 22.1. The molecule has 0 spiro atoms. The van der Waals surface area contributed by atoms with Crippen molar-refractivity contribution in [2.45, 2.75) is 0 Å². The van der Waals surface area contributed by atoms with Crippen LogP contribution in [0.2, 0.25) is 0 Å². The van der Waals surface area contributed by atoms with Crippen molar-refractivity contribution in [2.24, 2.45) is 0 Å². The van der Waals surface area contributed by atoms with Gasteiger partial charge in [0.2, 0.25) is 0 Å². The van der Waals surface area contributed by atoms with Gasteiger partial charge in [0.15, 0.2) is 17.5 Å². The predicted molar refractivity (Wildman–Crippen MR) is 157 cm³/mol. The van der Waals surface area contributed by atoms with E-state index in [0.717, 1.165) is 38.6 Å². The van der Waals surface area contributed by atoms with Crippen molar-refractivity contribution in [1.29, 1.82) is 0 Å². The molecule has 6 aromatic carbocycles. The van der Waals surface area contributed by atoms with E-state index in [2.05, 4.69) is 97.1 Å². The Labute approximate surface area is 221 Å². The fraction of sp³-hybridized carbons (Fsp3) is 0. The van der Waals surface area contributed by atoms with Crippen LogP contribution in [0, 0.1) is 0 Å². The lowest BCUT2D eigenvalue weighted by Gasteiger charge is -2.14. The highest BCUT2D eigenvalue weighted by Crippen LogP contribution is 2.36. The van der Waals surface area contributed by atoms with Crippen LogP contribution >= 0.6 is 0 Å². The molecule has 0 aliphatic rings. The minimum Gasteiger partial charge on any atom is -0.208 e. The standard InChI is InChI=1S/C35H23N3/c1-3-13-24(14-4-1)27-18-9-12-22-31(27)34-36-33(25-15-5-2-6-16-25)37-35(38-34)32-23-26-17-7-8-19-28(26)29-20-10-11-21-30(29)32/h1-23H. The van der Waals surface area contributed by atoms with Crippen LogP contribution < -0.4 is 0 Å². The van der Waals surface area contributed by atoms with E-state index in [4.69, 9.17) is 15.0 Å². The summed E-state index contributed by atoms with van der Waals surface area (Å²) in [5.41, 5.74) is 5.15. The lowest BCUT2D eigenvalue weighted by Crippen LogP contribution is -2.01. The van der Waals surface area contributed by atoms with E-state index in [1.807, 2.05) is 42.5 Å². The molecule has 1 aromatic heterocycles. The molecule has 0 amide bonds. The average molecular weight is 486 g/mol. The van der Waals surface area contributed by atoms with Crippen molar-refractivity contribution in [1.82, 2.24) is 15.0 Å². The Morgan fingerprint density at radius 1 is 0.316 bits per heavy atom. The molecule has 0 saturated heterocycles. The summed E-state index contributed by atoms with van der Waals surface area (Å²) >= 11 is 0. The third kappa shape index (κ3) is 3.91. The van der Waals surface area contributed by atoms with Crippen molar-refractivity contribution in [2.75, 3.05) is 0 Å². The summed E-state index contributed by atoms with van der Waals surface area (Å²) in [7, 11) is 0. The third-order valence-corrected chi connectivity index (χ3v) is 6.93. The number of fused-ring (bicyclic) bond motifs is 3. The van der Waals surface area contributed by atoms with Gasteiger partial charge in [0, 0.05) is 16.7 Å². The number of benzene rings is 6. The van der Waals surface area contributed by atoms with Gasteiger partial charge in [-0.1, -0.05) is 133 Å². The molecule has 3 heteroatoms. The number of hydrogen-bond donors (Lipinski definition) is 0. The van der Waals surface area contributed by atoms with Gasteiger partial charge in [-0.15, -0.1) is 0 Å². The zero-order chi connectivity index (χ0) is 25.3. The molecule has 178 valence electrons. The maximum atomic E-state index is 5.12. The first-order valence-electron chi connectivity index (χ1n) is 12.7. The first-order chi connectivity index (χ1) is 18.8. The highest BCUT2D eigenvalue weighted by atomic mass is 15.0. The molecule has 3 nitrogen and oxygen atoms in total. The molecule has 0 radical (unpaired) electrons.